The number of piperazine rings is 1. The molecule has 11 nitrogen and oxygen atoms in total. The molecule has 2 aliphatic heterocycles. The maximum atomic E-state index is 6.95. The number of fused-ring (bicyclic) bond motifs is 1. The second-order valence-electron chi connectivity index (χ2n) is 10.5. The summed E-state index contributed by atoms with van der Waals surface area (Å²) in [5.41, 5.74) is 18.8. The lowest BCUT2D eigenvalue weighted by molar-refractivity contribution is 0.148. The van der Waals surface area contributed by atoms with Crippen molar-refractivity contribution >= 4 is 28.4 Å². The van der Waals surface area contributed by atoms with Gasteiger partial charge in [0.1, 0.15) is 6.33 Å². The van der Waals surface area contributed by atoms with Gasteiger partial charge in [-0.05, 0) is 31.0 Å². The number of nitrogens with zero attached hydrogens (tertiary/aromatic N) is 6. The number of ether oxygens (including phenoxy) is 2. The van der Waals surface area contributed by atoms with Crippen LogP contribution in [0, 0.1) is 0 Å². The second-order valence-corrected chi connectivity index (χ2v) is 10.5. The van der Waals surface area contributed by atoms with Crippen molar-refractivity contribution in [2.24, 2.45) is 16.5 Å². The van der Waals surface area contributed by atoms with Gasteiger partial charge in [-0.2, -0.15) is 0 Å². The molecule has 1 unspecified atom stereocenters. The Balaban J connectivity index is 1.25. The lowest BCUT2D eigenvalue weighted by Crippen LogP contribution is -2.55. The van der Waals surface area contributed by atoms with Crippen LogP contribution in [0.2, 0.25) is 0 Å². The number of methoxy groups -OCH3 is 2. The number of benzene rings is 2. The number of rotatable bonds is 6. The highest BCUT2D eigenvalue weighted by molar-refractivity contribution is 5.94. The maximum Gasteiger partial charge on any atom is 0.234 e. The third kappa shape index (κ3) is 4.65. The van der Waals surface area contributed by atoms with E-state index < -0.39 is 5.79 Å². The second kappa shape index (κ2) is 10.4. The van der Waals surface area contributed by atoms with Gasteiger partial charge in [-0.3, -0.25) is 16.1 Å². The Labute approximate surface area is 228 Å². The predicted molar refractivity (Wildman–Crippen MR) is 153 cm³/mol. The van der Waals surface area contributed by atoms with E-state index in [1.54, 1.807) is 25.3 Å². The molecule has 2 fully saturated rings. The minimum Gasteiger partial charge on any atom is -0.493 e. The van der Waals surface area contributed by atoms with Crippen LogP contribution in [0.3, 0.4) is 0 Å². The van der Waals surface area contributed by atoms with Gasteiger partial charge in [0.2, 0.25) is 11.7 Å². The van der Waals surface area contributed by atoms with E-state index in [1.807, 2.05) is 18.2 Å². The van der Waals surface area contributed by atoms with E-state index in [0.717, 1.165) is 43.2 Å². The highest BCUT2D eigenvalue weighted by Gasteiger charge is 2.42. The Morgan fingerprint density at radius 3 is 2.31 bits per heavy atom. The van der Waals surface area contributed by atoms with Gasteiger partial charge in [0.05, 0.1) is 19.7 Å². The first kappa shape index (κ1) is 25.4. The van der Waals surface area contributed by atoms with Gasteiger partial charge in [-0.15, -0.1) is 0 Å². The van der Waals surface area contributed by atoms with Crippen molar-refractivity contribution in [1.29, 1.82) is 0 Å². The van der Waals surface area contributed by atoms with E-state index in [2.05, 4.69) is 42.3 Å². The third-order valence-corrected chi connectivity index (χ3v) is 8.25. The molecular formula is C28H37N9O2. The quantitative estimate of drug-likeness (QED) is 0.436. The maximum absolute atomic E-state index is 6.95. The van der Waals surface area contributed by atoms with Crippen LogP contribution in [0.1, 0.15) is 37.7 Å². The topological polar surface area (TPSA) is 130 Å². The van der Waals surface area contributed by atoms with Crippen LogP contribution >= 0.6 is 0 Å². The lowest BCUT2D eigenvalue weighted by atomic mass is 9.94. The summed E-state index contributed by atoms with van der Waals surface area (Å²) in [7, 11) is 3.18. The Morgan fingerprint density at radius 2 is 1.62 bits per heavy atom. The number of nitrogens with two attached hydrogens (primary N) is 2. The number of hydrazine groups is 1. The van der Waals surface area contributed by atoms with Crippen molar-refractivity contribution in [2.45, 2.75) is 43.9 Å². The fourth-order valence-electron chi connectivity index (χ4n) is 6.12. The van der Waals surface area contributed by atoms with Crippen molar-refractivity contribution in [3.8, 4) is 11.5 Å². The molecule has 1 saturated heterocycles. The average Bonchev–Trinajstić information content (AvgIpc) is 3.31. The highest BCUT2D eigenvalue weighted by atomic mass is 16.5. The molecule has 39 heavy (non-hydrogen) atoms. The summed E-state index contributed by atoms with van der Waals surface area (Å²) in [6.45, 7) is 4.28. The third-order valence-electron chi connectivity index (χ3n) is 8.25. The van der Waals surface area contributed by atoms with Gasteiger partial charge < -0.3 is 20.1 Å². The number of aliphatic imine (C=N–C) groups is 1. The molecule has 11 heteroatoms. The molecule has 206 valence electrons. The molecule has 1 saturated carbocycles. The van der Waals surface area contributed by atoms with Gasteiger partial charge in [0, 0.05) is 54.9 Å². The van der Waals surface area contributed by atoms with Crippen LogP contribution in [0.25, 0.3) is 10.9 Å². The Bertz CT molecular complexity index is 1350. The first-order valence-corrected chi connectivity index (χ1v) is 13.7. The minimum atomic E-state index is -1.31. The summed E-state index contributed by atoms with van der Waals surface area (Å²) in [5, 5.41) is 2.39. The molecule has 3 heterocycles. The summed E-state index contributed by atoms with van der Waals surface area (Å²) in [6.07, 6.45) is 8.32. The smallest absolute Gasteiger partial charge is 0.234 e. The van der Waals surface area contributed by atoms with E-state index >= 15 is 0 Å². The zero-order valence-electron chi connectivity index (χ0n) is 22.6. The molecule has 1 atom stereocenters. The SMILES string of the molecule is COc1cc2ncnc(N3NC(N)=NC3(N)c3ccc(N4CCN(C5CCCCC5)CC4)cc3)c2cc1OC. The van der Waals surface area contributed by atoms with E-state index in [9.17, 15) is 0 Å². The van der Waals surface area contributed by atoms with Crippen molar-refractivity contribution < 1.29 is 9.47 Å². The molecule has 0 bridgehead atoms. The number of hydrogen-bond acceptors (Lipinski definition) is 11. The van der Waals surface area contributed by atoms with Crippen molar-refractivity contribution in [3.05, 3.63) is 48.3 Å². The number of guanidine groups is 1. The van der Waals surface area contributed by atoms with E-state index in [4.69, 9.17) is 20.9 Å². The van der Waals surface area contributed by atoms with E-state index in [1.165, 1.54) is 44.1 Å². The summed E-state index contributed by atoms with van der Waals surface area (Å²) >= 11 is 0. The van der Waals surface area contributed by atoms with E-state index in [0.29, 0.717) is 22.8 Å². The molecular weight excluding hydrogens is 494 g/mol. The summed E-state index contributed by atoms with van der Waals surface area (Å²) in [4.78, 5) is 18.7. The largest absolute Gasteiger partial charge is 0.493 e. The average molecular weight is 532 g/mol. The molecule has 3 aliphatic rings. The zero-order chi connectivity index (χ0) is 27.0. The van der Waals surface area contributed by atoms with Gasteiger partial charge in [0.25, 0.3) is 0 Å². The van der Waals surface area contributed by atoms with Gasteiger partial charge in [0.15, 0.2) is 17.3 Å². The number of hydrogen-bond donors (Lipinski definition) is 3. The molecule has 0 amide bonds. The van der Waals surface area contributed by atoms with Gasteiger partial charge >= 0.3 is 0 Å². The Hall–Kier alpha value is -3.83. The van der Waals surface area contributed by atoms with Gasteiger partial charge in [-0.1, -0.05) is 31.4 Å². The van der Waals surface area contributed by atoms with Crippen LogP contribution in [0.15, 0.2) is 47.7 Å². The zero-order valence-corrected chi connectivity index (χ0v) is 22.6. The van der Waals surface area contributed by atoms with Crippen molar-refractivity contribution in [2.75, 3.05) is 50.3 Å². The molecule has 1 aliphatic carbocycles. The fourth-order valence-corrected chi connectivity index (χ4v) is 6.12. The summed E-state index contributed by atoms with van der Waals surface area (Å²) < 4.78 is 11.0. The molecule has 3 aromatic rings. The Kier molecular flexibility index (Phi) is 6.78. The van der Waals surface area contributed by atoms with Crippen LogP contribution < -0.4 is 36.3 Å². The summed E-state index contributed by atoms with van der Waals surface area (Å²) in [6, 6.07) is 12.7. The highest BCUT2D eigenvalue weighted by Crippen LogP contribution is 2.38. The molecule has 5 N–H and O–H groups in total. The monoisotopic (exact) mass is 531 g/mol. The normalized spacial score (nSPS) is 22.6. The molecule has 2 aromatic carbocycles. The van der Waals surface area contributed by atoms with Crippen LogP contribution in [0.5, 0.6) is 11.5 Å². The molecule has 1 aromatic heterocycles. The lowest BCUT2D eigenvalue weighted by Gasteiger charge is -2.41. The summed E-state index contributed by atoms with van der Waals surface area (Å²) in [5.74, 6) is 0.554. The molecule has 6 rings (SSSR count). The Morgan fingerprint density at radius 1 is 0.923 bits per heavy atom. The van der Waals surface area contributed by atoms with E-state index in [-0.39, 0.29) is 5.96 Å². The van der Waals surface area contributed by atoms with Crippen molar-refractivity contribution in [3.63, 3.8) is 0 Å². The minimum absolute atomic E-state index is 0.202. The van der Waals surface area contributed by atoms with Crippen LogP contribution in [-0.4, -0.2) is 67.3 Å². The number of aromatic nitrogens is 2. The predicted octanol–water partition coefficient (Wildman–Crippen LogP) is 2.51. The fraction of sp³-hybridized carbons (Fsp3) is 0.464. The van der Waals surface area contributed by atoms with Crippen LogP contribution in [0.4, 0.5) is 11.5 Å². The number of anilines is 2. The molecule has 0 spiro atoms. The number of nitrogens with one attached hydrogen (secondary N) is 1. The van der Waals surface area contributed by atoms with Crippen molar-refractivity contribution in [1.82, 2.24) is 20.3 Å². The first-order chi connectivity index (χ1) is 19.0. The van der Waals surface area contributed by atoms with Crippen LogP contribution in [-0.2, 0) is 5.79 Å². The first-order valence-electron chi connectivity index (χ1n) is 13.7. The standard InChI is InChI=1S/C28H37N9O2/c1-38-24-16-22-23(17-25(24)39-2)31-18-32-26(22)37-28(30,33-27(29)34-37)19-8-10-21(11-9-19)36-14-12-35(13-15-36)20-6-4-3-5-7-20/h8-11,16-18,20H,3-7,12-15,30H2,1-2H3,(H3,29,33,34). The van der Waals surface area contributed by atoms with Gasteiger partial charge in [-0.25, -0.2) is 20.0 Å². The molecule has 0 radical (unpaired) electrons.